The molecule has 0 bridgehead atoms. The second-order valence-corrected chi connectivity index (χ2v) is 3.58. The van der Waals surface area contributed by atoms with E-state index < -0.39 is 0 Å². The van der Waals surface area contributed by atoms with Crippen LogP contribution in [0.15, 0.2) is 18.2 Å². The Balaban J connectivity index is 3.05. The number of anilines is 1. The summed E-state index contributed by atoms with van der Waals surface area (Å²) in [6.07, 6.45) is 0. The van der Waals surface area contributed by atoms with Gasteiger partial charge in [0.15, 0.2) is 0 Å². The van der Waals surface area contributed by atoms with Gasteiger partial charge in [0.2, 0.25) is 0 Å². The molecule has 13 heavy (non-hydrogen) atoms. The Morgan fingerprint density at radius 1 is 1.31 bits per heavy atom. The van der Waals surface area contributed by atoms with Gasteiger partial charge < -0.3 is 16.6 Å². The van der Waals surface area contributed by atoms with Crippen LogP contribution < -0.4 is 11.5 Å². The van der Waals surface area contributed by atoms with Gasteiger partial charge in [-0.25, -0.2) is 0 Å². The van der Waals surface area contributed by atoms with E-state index >= 15 is 0 Å². The van der Waals surface area contributed by atoms with Crippen molar-refractivity contribution >= 4 is 5.69 Å². The molecule has 0 heterocycles. The average molecular weight is 180 g/mol. The van der Waals surface area contributed by atoms with Crippen LogP contribution in [-0.4, -0.2) is 5.11 Å². The number of benzene rings is 1. The van der Waals surface area contributed by atoms with Gasteiger partial charge in [-0.15, -0.1) is 0 Å². The molecule has 0 aliphatic rings. The predicted molar refractivity (Wildman–Crippen MR) is 54.3 cm³/mol. The molecular weight excluding hydrogens is 164 g/mol. The number of hydrogen-bond acceptors (Lipinski definition) is 3. The van der Waals surface area contributed by atoms with Crippen LogP contribution in [0.2, 0.25) is 0 Å². The lowest BCUT2D eigenvalue weighted by atomic mass is 9.95. The van der Waals surface area contributed by atoms with Crippen molar-refractivity contribution in [2.24, 2.45) is 11.7 Å². The van der Waals surface area contributed by atoms with E-state index in [1.54, 1.807) is 18.2 Å². The van der Waals surface area contributed by atoms with E-state index in [-0.39, 0.29) is 11.8 Å². The highest BCUT2D eigenvalue weighted by Gasteiger charge is 2.13. The molecule has 1 rings (SSSR count). The van der Waals surface area contributed by atoms with E-state index in [1.807, 2.05) is 13.8 Å². The van der Waals surface area contributed by atoms with Crippen LogP contribution >= 0.6 is 0 Å². The maximum atomic E-state index is 9.26. The molecule has 0 aromatic heterocycles. The molecular formula is C10H16N2O. The van der Waals surface area contributed by atoms with Crippen LogP contribution in [0.25, 0.3) is 0 Å². The summed E-state index contributed by atoms with van der Waals surface area (Å²) >= 11 is 0. The fourth-order valence-corrected chi connectivity index (χ4v) is 1.21. The molecule has 0 saturated heterocycles. The summed E-state index contributed by atoms with van der Waals surface area (Å²) in [7, 11) is 0. The van der Waals surface area contributed by atoms with E-state index in [4.69, 9.17) is 11.5 Å². The normalized spacial score (nSPS) is 13.2. The van der Waals surface area contributed by atoms with Crippen molar-refractivity contribution in [3.05, 3.63) is 23.8 Å². The van der Waals surface area contributed by atoms with Crippen molar-refractivity contribution in [1.29, 1.82) is 0 Å². The Morgan fingerprint density at radius 2 is 1.92 bits per heavy atom. The Labute approximate surface area is 78.4 Å². The van der Waals surface area contributed by atoms with Crippen LogP contribution in [0.5, 0.6) is 5.75 Å². The summed E-state index contributed by atoms with van der Waals surface area (Å²) in [5.74, 6) is 0.518. The standard InChI is InChI=1S/C10H16N2O/c1-6(2)10(12)8-5-7(13)3-4-9(8)11/h3-6,10,13H,11-12H2,1-2H3/t10-/m1/s1. The van der Waals surface area contributed by atoms with Crippen LogP contribution in [-0.2, 0) is 0 Å². The van der Waals surface area contributed by atoms with E-state index in [1.165, 1.54) is 0 Å². The minimum atomic E-state index is -0.118. The van der Waals surface area contributed by atoms with Gasteiger partial charge in [0, 0.05) is 11.7 Å². The molecule has 0 aliphatic heterocycles. The molecule has 1 aromatic rings. The lowest BCUT2D eigenvalue weighted by molar-refractivity contribution is 0.469. The zero-order chi connectivity index (χ0) is 10.0. The largest absolute Gasteiger partial charge is 0.508 e. The molecule has 0 radical (unpaired) electrons. The third-order valence-corrected chi connectivity index (χ3v) is 2.15. The quantitative estimate of drug-likeness (QED) is 0.478. The van der Waals surface area contributed by atoms with Gasteiger partial charge in [0.1, 0.15) is 5.75 Å². The lowest BCUT2D eigenvalue weighted by Crippen LogP contribution is -2.18. The maximum Gasteiger partial charge on any atom is 0.116 e. The van der Waals surface area contributed by atoms with Crippen LogP contribution in [0, 0.1) is 5.92 Å². The maximum absolute atomic E-state index is 9.26. The van der Waals surface area contributed by atoms with Gasteiger partial charge in [0.25, 0.3) is 0 Å². The van der Waals surface area contributed by atoms with E-state index in [9.17, 15) is 5.11 Å². The molecule has 3 nitrogen and oxygen atoms in total. The zero-order valence-electron chi connectivity index (χ0n) is 7.99. The number of nitrogens with two attached hydrogens (primary N) is 2. The molecule has 0 fully saturated rings. The molecule has 5 N–H and O–H groups in total. The Kier molecular flexibility index (Phi) is 2.78. The van der Waals surface area contributed by atoms with E-state index in [0.29, 0.717) is 11.6 Å². The molecule has 3 heteroatoms. The number of hydrogen-bond donors (Lipinski definition) is 3. The highest BCUT2D eigenvalue weighted by molar-refractivity contribution is 5.51. The smallest absolute Gasteiger partial charge is 0.116 e. The number of rotatable bonds is 2. The summed E-state index contributed by atoms with van der Waals surface area (Å²) in [5, 5.41) is 9.26. The number of nitrogen functional groups attached to an aromatic ring is 1. The number of phenolic OH excluding ortho intramolecular Hbond substituents is 1. The molecule has 1 atom stereocenters. The molecule has 0 spiro atoms. The molecule has 0 aliphatic carbocycles. The van der Waals surface area contributed by atoms with E-state index in [2.05, 4.69) is 0 Å². The van der Waals surface area contributed by atoms with Crippen LogP contribution in [0.1, 0.15) is 25.5 Å². The number of aromatic hydroxyl groups is 1. The number of phenols is 1. The van der Waals surface area contributed by atoms with Crippen molar-refractivity contribution in [2.45, 2.75) is 19.9 Å². The predicted octanol–water partition coefficient (Wildman–Crippen LogP) is 1.63. The van der Waals surface area contributed by atoms with Gasteiger partial charge in [0.05, 0.1) is 0 Å². The van der Waals surface area contributed by atoms with Gasteiger partial charge in [-0.3, -0.25) is 0 Å². The second kappa shape index (κ2) is 3.66. The summed E-state index contributed by atoms with van der Waals surface area (Å²) in [5.41, 5.74) is 13.1. The topological polar surface area (TPSA) is 72.3 Å². The minimum absolute atomic E-state index is 0.118. The van der Waals surface area contributed by atoms with Gasteiger partial charge in [-0.1, -0.05) is 13.8 Å². The molecule has 72 valence electrons. The van der Waals surface area contributed by atoms with Gasteiger partial charge in [-0.2, -0.15) is 0 Å². The zero-order valence-corrected chi connectivity index (χ0v) is 7.99. The molecule has 0 amide bonds. The highest BCUT2D eigenvalue weighted by Crippen LogP contribution is 2.27. The summed E-state index contributed by atoms with van der Waals surface area (Å²) in [6, 6.07) is 4.74. The fraction of sp³-hybridized carbons (Fsp3) is 0.400. The van der Waals surface area contributed by atoms with Crippen molar-refractivity contribution in [3.63, 3.8) is 0 Å². The third kappa shape index (κ3) is 2.12. The molecule has 0 saturated carbocycles. The summed E-state index contributed by atoms with van der Waals surface area (Å²) in [4.78, 5) is 0. The molecule has 0 unspecified atom stereocenters. The first-order valence-corrected chi connectivity index (χ1v) is 4.36. The summed E-state index contributed by atoms with van der Waals surface area (Å²) in [6.45, 7) is 4.04. The van der Waals surface area contributed by atoms with Crippen molar-refractivity contribution in [3.8, 4) is 5.75 Å². The fourth-order valence-electron chi connectivity index (χ4n) is 1.21. The lowest BCUT2D eigenvalue weighted by Gasteiger charge is -2.18. The Hall–Kier alpha value is -1.22. The van der Waals surface area contributed by atoms with E-state index in [0.717, 1.165) is 5.56 Å². The van der Waals surface area contributed by atoms with Crippen LogP contribution in [0.4, 0.5) is 5.69 Å². The van der Waals surface area contributed by atoms with Gasteiger partial charge >= 0.3 is 0 Å². The SMILES string of the molecule is CC(C)[C@@H](N)c1cc(O)ccc1N. The first-order valence-electron chi connectivity index (χ1n) is 4.36. The first kappa shape index (κ1) is 9.86. The van der Waals surface area contributed by atoms with Gasteiger partial charge in [-0.05, 0) is 29.7 Å². The monoisotopic (exact) mass is 180 g/mol. The Morgan fingerprint density at radius 3 is 2.46 bits per heavy atom. The molecule has 1 aromatic carbocycles. The van der Waals surface area contributed by atoms with Crippen LogP contribution in [0.3, 0.4) is 0 Å². The first-order chi connectivity index (χ1) is 6.02. The summed E-state index contributed by atoms with van der Waals surface area (Å²) < 4.78 is 0. The average Bonchev–Trinajstić information content (AvgIpc) is 2.08. The second-order valence-electron chi connectivity index (χ2n) is 3.58. The van der Waals surface area contributed by atoms with Crippen molar-refractivity contribution in [1.82, 2.24) is 0 Å². The van der Waals surface area contributed by atoms with Crippen molar-refractivity contribution < 1.29 is 5.11 Å². The van der Waals surface area contributed by atoms with Crippen molar-refractivity contribution in [2.75, 3.05) is 5.73 Å². The third-order valence-electron chi connectivity index (χ3n) is 2.15. The minimum Gasteiger partial charge on any atom is -0.508 e. The highest BCUT2D eigenvalue weighted by atomic mass is 16.3. The Bertz CT molecular complexity index is 297.